The Morgan fingerprint density at radius 2 is 2.21 bits per heavy atom. The number of benzene rings is 1. The number of hydrogen-bond donors (Lipinski definition) is 2. The Hall–Kier alpha value is -2.60. The van der Waals surface area contributed by atoms with E-state index in [4.69, 9.17) is 0 Å². The number of nitrogens with one attached hydrogen (secondary N) is 2. The number of aromatic nitrogens is 4. The maximum absolute atomic E-state index is 4.53. The van der Waals surface area contributed by atoms with Crippen molar-refractivity contribution in [3.8, 4) is 5.69 Å². The van der Waals surface area contributed by atoms with Crippen molar-refractivity contribution in [1.82, 2.24) is 24.9 Å². The molecule has 6 nitrogen and oxygen atoms in total. The van der Waals surface area contributed by atoms with Crippen LogP contribution in [0.5, 0.6) is 0 Å². The molecule has 4 rings (SSSR count). The largest absolute Gasteiger partial charge is 0.370 e. The Morgan fingerprint density at radius 3 is 3.08 bits per heavy atom. The highest BCUT2D eigenvalue weighted by molar-refractivity contribution is 5.40. The first kappa shape index (κ1) is 15.0. The fourth-order valence-corrected chi connectivity index (χ4v) is 3.23. The van der Waals surface area contributed by atoms with E-state index in [2.05, 4.69) is 49.8 Å². The monoisotopic (exact) mass is 322 g/mol. The molecular weight excluding hydrogens is 300 g/mol. The van der Waals surface area contributed by atoms with Crippen LogP contribution in [0.4, 0.5) is 5.82 Å². The third-order valence-electron chi connectivity index (χ3n) is 4.40. The zero-order valence-corrected chi connectivity index (χ0v) is 13.8. The Labute approximate surface area is 141 Å². The molecule has 6 heteroatoms. The maximum Gasteiger partial charge on any atom is 0.124 e. The van der Waals surface area contributed by atoms with E-state index in [9.17, 15) is 0 Å². The highest BCUT2D eigenvalue weighted by Gasteiger charge is 2.18. The van der Waals surface area contributed by atoms with E-state index in [1.807, 2.05) is 36.1 Å². The molecule has 3 heterocycles. The minimum atomic E-state index is 0.536. The average molecular weight is 322 g/mol. The zero-order valence-electron chi connectivity index (χ0n) is 13.8. The van der Waals surface area contributed by atoms with E-state index >= 15 is 0 Å². The van der Waals surface area contributed by atoms with Crippen LogP contribution in [0.2, 0.25) is 0 Å². The normalized spacial score (nSPS) is 16.6. The van der Waals surface area contributed by atoms with Gasteiger partial charge in [-0.15, -0.1) is 0 Å². The Kier molecular flexibility index (Phi) is 4.04. The second-order valence-electron chi connectivity index (χ2n) is 6.31. The Morgan fingerprint density at radius 1 is 1.29 bits per heavy atom. The van der Waals surface area contributed by atoms with Gasteiger partial charge in [-0.1, -0.05) is 18.2 Å². The number of hydrogen-bond acceptors (Lipinski definition) is 4. The Balaban J connectivity index is 1.37. The lowest BCUT2D eigenvalue weighted by Crippen LogP contribution is -2.35. The van der Waals surface area contributed by atoms with Gasteiger partial charge in [-0.3, -0.25) is 0 Å². The number of rotatable bonds is 5. The lowest BCUT2D eigenvalue weighted by atomic mass is 10.1. The quantitative estimate of drug-likeness (QED) is 0.756. The molecule has 2 N–H and O–H groups in total. The summed E-state index contributed by atoms with van der Waals surface area (Å²) in [7, 11) is 0. The SMILES string of the molecule is Cc1cc2n(n1)C[C@H](CNCc1ccccc1-n1cccn1)CN2. The fraction of sp³-hybridized carbons (Fsp3) is 0.333. The number of nitrogens with zero attached hydrogens (tertiary/aromatic N) is 4. The van der Waals surface area contributed by atoms with Crippen molar-refractivity contribution in [2.75, 3.05) is 18.4 Å². The second kappa shape index (κ2) is 6.49. The van der Waals surface area contributed by atoms with Crippen molar-refractivity contribution < 1.29 is 0 Å². The van der Waals surface area contributed by atoms with Crippen molar-refractivity contribution in [2.24, 2.45) is 5.92 Å². The van der Waals surface area contributed by atoms with Crippen LogP contribution in [0.25, 0.3) is 5.69 Å². The Bertz CT molecular complexity index is 805. The molecule has 0 saturated carbocycles. The second-order valence-corrected chi connectivity index (χ2v) is 6.31. The van der Waals surface area contributed by atoms with Crippen LogP contribution < -0.4 is 10.6 Å². The number of aryl methyl sites for hydroxylation is 1. The molecule has 0 bridgehead atoms. The molecule has 124 valence electrons. The summed E-state index contributed by atoms with van der Waals surface area (Å²) in [6.07, 6.45) is 3.78. The van der Waals surface area contributed by atoms with Crippen LogP contribution in [-0.2, 0) is 13.1 Å². The van der Waals surface area contributed by atoms with Crippen molar-refractivity contribution >= 4 is 5.82 Å². The van der Waals surface area contributed by atoms with Gasteiger partial charge in [0.2, 0.25) is 0 Å². The van der Waals surface area contributed by atoms with E-state index in [1.54, 1.807) is 0 Å². The van der Waals surface area contributed by atoms with E-state index in [-0.39, 0.29) is 0 Å². The van der Waals surface area contributed by atoms with E-state index in [1.165, 1.54) is 5.56 Å². The van der Waals surface area contributed by atoms with Crippen LogP contribution in [0, 0.1) is 12.8 Å². The lowest BCUT2D eigenvalue weighted by molar-refractivity contribution is 0.390. The molecule has 1 atom stereocenters. The summed E-state index contributed by atoms with van der Waals surface area (Å²) in [6.45, 7) is 5.77. The predicted molar refractivity (Wildman–Crippen MR) is 94.2 cm³/mol. The van der Waals surface area contributed by atoms with Gasteiger partial charge in [0, 0.05) is 50.6 Å². The van der Waals surface area contributed by atoms with Gasteiger partial charge in [-0.05, 0) is 24.6 Å². The van der Waals surface area contributed by atoms with Crippen molar-refractivity contribution in [3.05, 3.63) is 60.0 Å². The first-order valence-electron chi connectivity index (χ1n) is 8.36. The summed E-state index contributed by atoms with van der Waals surface area (Å²) in [5.41, 5.74) is 3.45. The summed E-state index contributed by atoms with van der Waals surface area (Å²) in [5.74, 6) is 1.67. The van der Waals surface area contributed by atoms with E-state index < -0.39 is 0 Å². The van der Waals surface area contributed by atoms with Crippen LogP contribution in [-0.4, -0.2) is 32.7 Å². The van der Waals surface area contributed by atoms with Gasteiger partial charge in [0.05, 0.1) is 11.4 Å². The van der Waals surface area contributed by atoms with Crippen LogP contribution in [0.3, 0.4) is 0 Å². The molecule has 0 aliphatic carbocycles. The van der Waals surface area contributed by atoms with Gasteiger partial charge in [0.1, 0.15) is 5.82 Å². The first-order valence-corrected chi connectivity index (χ1v) is 8.36. The third kappa shape index (κ3) is 3.05. The van der Waals surface area contributed by atoms with Gasteiger partial charge in [0.15, 0.2) is 0 Å². The maximum atomic E-state index is 4.53. The molecule has 3 aromatic rings. The number of fused-ring (bicyclic) bond motifs is 1. The predicted octanol–water partition coefficient (Wildman–Crippen LogP) is 2.21. The summed E-state index contributed by atoms with van der Waals surface area (Å²) < 4.78 is 3.99. The van der Waals surface area contributed by atoms with Gasteiger partial charge >= 0.3 is 0 Å². The number of para-hydroxylation sites is 1. The van der Waals surface area contributed by atoms with Gasteiger partial charge in [0.25, 0.3) is 0 Å². The highest BCUT2D eigenvalue weighted by Crippen LogP contribution is 2.18. The topological polar surface area (TPSA) is 59.7 Å². The van der Waals surface area contributed by atoms with E-state index in [0.717, 1.165) is 43.4 Å². The third-order valence-corrected chi connectivity index (χ3v) is 4.40. The van der Waals surface area contributed by atoms with Crippen molar-refractivity contribution in [2.45, 2.75) is 20.0 Å². The lowest BCUT2D eigenvalue weighted by Gasteiger charge is -2.25. The van der Waals surface area contributed by atoms with Gasteiger partial charge in [-0.25, -0.2) is 9.36 Å². The van der Waals surface area contributed by atoms with Gasteiger partial charge in [-0.2, -0.15) is 10.2 Å². The molecule has 1 aromatic carbocycles. The molecule has 0 fully saturated rings. The van der Waals surface area contributed by atoms with E-state index in [0.29, 0.717) is 5.92 Å². The molecule has 2 aromatic heterocycles. The molecule has 0 unspecified atom stereocenters. The summed E-state index contributed by atoms with van der Waals surface area (Å²) in [4.78, 5) is 0. The molecular formula is C18H22N6. The van der Waals surface area contributed by atoms with Crippen LogP contribution >= 0.6 is 0 Å². The molecule has 0 amide bonds. The first-order chi connectivity index (χ1) is 11.8. The van der Waals surface area contributed by atoms with Crippen molar-refractivity contribution in [1.29, 1.82) is 0 Å². The molecule has 0 saturated heterocycles. The summed E-state index contributed by atoms with van der Waals surface area (Å²) >= 11 is 0. The van der Waals surface area contributed by atoms with Crippen LogP contribution in [0.1, 0.15) is 11.3 Å². The molecule has 1 aliphatic heterocycles. The molecule has 0 spiro atoms. The standard InChI is InChI=1S/C18H22N6/c1-14-9-18-20-11-15(13-24(18)22-14)10-19-12-16-5-2-3-6-17(16)23-8-4-7-21-23/h2-9,15,19-20H,10-13H2,1H3/t15-/m1/s1. The minimum absolute atomic E-state index is 0.536. The number of anilines is 1. The fourth-order valence-electron chi connectivity index (χ4n) is 3.23. The molecule has 0 radical (unpaired) electrons. The molecule has 24 heavy (non-hydrogen) atoms. The zero-order chi connectivity index (χ0) is 16.4. The van der Waals surface area contributed by atoms with Crippen LogP contribution in [0.15, 0.2) is 48.8 Å². The summed E-state index contributed by atoms with van der Waals surface area (Å²) in [5, 5.41) is 15.9. The summed E-state index contributed by atoms with van der Waals surface area (Å²) in [6, 6.07) is 12.4. The highest BCUT2D eigenvalue weighted by atomic mass is 15.3. The van der Waals surface area contributed by atoms with Gasteiger partial charge < -0.3 is 10.6 Å². The minimum Gasteiger partial charge on any atom is -0.370 e. The molecule has 1 aliphatic rings. The average Bonchev–Trinajstić information content (AvgIpc) is 3.23. The van der Waals surface area contributed by atoms with Crippen molar-refractivity contribution in [3.63, 3.8) is 0 Å². The smallest absolute Gasteiger partial charge is 0.124 e.